The molecule has 0 aromatic carbocycles. The van der Waals surface area contributed by atoms with E-state index in [2.05, 4.69) is 14.9 Å². The number of hydrogen-bond donors (Lipinski definition) is 2. The molecular formula is C14H20ClN3O2. The van der Waals surface area contributed by atoms with Crippen molar-refractivity contribution in [3.8, 4) is 0 Å². The van der Waals surface area contributed by atoms with Crippen LogP contribution < -0.4 is 4.90 Å². The average molecular weight is 298 g/mol. The van der Waals surface area contributed by atoms with Crippen molar-refractivity contribution < 1.29 is 10.2 Å². The van der Waals surface area contributed by atoms with Gasteiger partial charge in [0.05, 0.1) is 17.8 Å². The Labute approximate surface area is 123 Å². The number of fused-ring (bicyclic) bond motifs is 1. The lowest BCUT2D eigenvalue weighted by molar-refractivity contribution is -0.0614. The lowest BCUT2D eigenvalue weighted by atomic mass is 9.71. The molecule has 2 N–H and O–H groups in total. The largest absolute Gasteiger partial charge is 0.391 e. The van der Waals surface area contributed by atoms with E-state index in [1.807, 2.05) is 0 Å². The maximum atomic E-state index is 10.7. The molecule has 1 aromatic heterocycles. The van der Waals surface area contributed by atoms with Gasteiger partial charge >= 0.3 is 0 Å². The van der Waals surface area contributed by atoms with Gasteiger partial charge in [-0.3, -0.25) is 0 Å². The predicted molar refractivity (Wildman–Crippen MR) is 76.7 cm³/mol. The maximum Gasteiger partial charge on any atom is 0.140 e. The van der Waals surface area contributed by atoms with Gasteiger partial charge < -0.3 is 15.1 Å². The first-order valence-electron chi connectivity index (χ1n) is 7.21. The van der Waals surface area contributed by atoms with Gasteiger partial charge in [0.15, 0.2) is 0 Å². The minimum atomic E-state index is -0.509. The van der Waals surface area contributed by atoms with Crippen molar-refractivity contribution >= 4 is 17.4 Å². The molecule has 20 heavy (non-hydrogen) atoms. The Morgan fingerprint density at radius 3 is 3.00 bits per heavy atom. The monoisotopic (exact) mass is 297 g/mol. The summed E-state index contributed by atoms with van der Waals surface area (Å²) in [5, 5.41) is 20.5. The molecule has 0 radical (unpaired) electrons. The van der Waals surface area contributed by atoms with Gasteiger partial charge in [-0.05, 0) is 19.3 Å². The fourth-order valence-electron chi connectivity index (χ4n) is 3.55. The second kappa shape index (κ2) is 5.47. The molecular weight excluding hydrogens is 278 g/mol. The van der Waals surface area contributed by atoms with E-state index in [4.69, 9.17) is 11.6 Å². The quantitative estimate of drug-likeness (QED) is 0.814. The van der Waals surface area contributed by atoms with Crippen LogP contribution in [0.15, 0.2) is 6.33 Å². The number of hydrogen-bond acceptors (Lipinski definition) is 5. The van der Waals surface area contributed by atoms with Crippen molar-refractivity contribution in [1.29, 1.82) is 0 Å². The van der Waals surface area contributed by atoms with Crippen LogP contribution in [-0.2, 0) is 6.61 Å². The van der Waals surface area contributed by atoms with E-state index in [1.165, 1.54) is 12.7 Å². The number of aromatic nitrogens is 2. The van der Waals surface area contributed by atoms with Gasteiger partial charge in [-0.1, -0.05) is 24.4 Å². The van der Waals surface area contributed by atoms with Crippen LogP contribution in [0.25, 0.3) is 0 Å². The molecule has 6 heteroatoms. The first kappa shape index (κ1) is 14.0. The molecule has 1 saturated heterocycles. The molecule has 2 aliphatic rings. The normalized spacial score (nSPS) is 30.1. The summed E-state index contributed by atoms with van der Waals surface area (Å²) in [6.07, 6.45) is 6.44. The summed E-state index contributed by atoms with van der Waals surface area (Å²) in [5.74, 6) is 0.991. The average Bonchev–Trinajstić information content (AvgIpc) is 2.46. The molecule has 3 rings (SSSR count). The zero-order valence-corrected chi connectivity index (χ0v) is 12.2. The zero-order valence-electron chi connectivity index (χ0n) is 11.4. The highest BCUT2D eigenvalue weighted by molar-refractivity contribution is 6.30. The Hall–Kier alpha value is -0.910. The molecule has 2 heterocycles. The summed E-state index contributed by atoms with van der Waals surface area (Å²) in [7, 11) is 0. The van der Waals surface area contributed by atoms with Crippen molar-refractivity contribution in [3.63, 3.8) is 0 Å². The highest BCUT2D eigenvalue weighted by Gasteiger charge is 2.43. The van der Waals surface area contributed by atoms with E-state index in [0.717, 1.165) is 38.8 Å². The second-order valence-corrected chi connectivity index (χ2v) is 6.23. The van der Waals surface area contributed by atoms with E-state index >= 15 is 0 Å². The number of halogens is 1. The molecule has 2 unspecified atom stereocenters. The van der Waals surface area contributed by atoms with Crippen molar-refractivity contribution in [3.05, 3.63) is 17.0 Å². The summed E-state index contributed by atoms with van der Waals surface area (Å²) in [5.41, 5.74) is 0.0701. The third kappa shape index (κ3) is 2.38. The third-order valence-electron chi connectivity index (χ3n) is 4.76. The minimum absolute atomic E-state index is 0.166. The van der Waals surface area contributed by atoms with Crippen LogP contribution >= 0.6 is 11.6 Å². The minimum Gasteiger partial charge on any atom is -0.391 e. The van der Waals surface area contributed by atoms with Crippen molar-refractivity contribution in [2.75, 3.05) is 18.0 Å². The fourth-order valence-corrected chi connectivity index (χ4v) is 3.74. The van der Waals surface area contributed by atoms with Crippen molar-refractivity contribution in [2.45, 2.75) is 44.3 Å². The summed E-state index contributed by atoms with van der Waals surface area (Å²) in [6.45, 7) is 1.35. The molecule has 1 aromatic rings. The van der Waals surface area contributed by atoms with Gasteiger partial charge in [-0.25, -0.2) is 9.97 Å². The van der Waals surface area contributed by atoms with E-state index < -0.39 is 5.60 Å². The Morgan fingerprint density at radius 2 is 2.20 bits per heavy atom. The van der Waals surface area contributed by atoms with Gasteiger partial charge in [0.2, 0.25) is 0 Å². The smallest absolute Gasteiger partial charge is 0.140 e. The van der Waals surface area contributed by atoms with E-state index in [9.17, 15) is 10.2 Å². The number of aliphatic hydroxyl groups is 2. The SMILES string of the molecule is OCc1c(Cl)ncnc1N1CCC2(O)CCCCC2C1. The van der Waals surface area contributed by atoms with Gasteiger partial charge in [-0.2, -0.15) is 0 Å². The molecule has 0 bridgehead atoms. The van der Waals surface area contributed by atoms with E-state index in [-0.39, 0.29) is 12.5 Å². The second-order valence-electron chi connectivity index (χ2n) is 5.87. The van der Waals surface area contributed by atoms with E-state index in [0.29, 0.717) is 16.5 Å². The van der Waals surface area contributed by atoms with Crippen molar-refractivity contribution in [1.82, 2.24) is 9.97 Å². The first-order valence-corrected chi connectivity index (χ1v) is 7.59. The number of aliphatic hydroxyl groups excluding tert-OH is 1. The third-order valence-corrected chi connectivity index (χ3v) is 5.08. The van der Waals surface area contributed by atoms with Crippen molar-refractivity contribution in [2.24, 2.45) is 5.92 Å². The number of piperidine rings is 1. The lowest BCUT2D eigenvalue weighted by Crippen LogP contribution is -2.53. The zero-order chi connectivity index (χ0) is 14.2. The van der Waals surface area contributed by atoms with Gasteiger partial charge in [0, 0.05) is 19.0 Å². The van der Waals surface area contributed by atoms with Gasteiger partial charge in [-0.15, -0.1) is 0 Å². The summed E-state index contributed by atoms with van der Waals surface area (Å²) in [4.78, 5) is 10.3. The van der Waals surface area contributed by atoms with Crippen LogP contribution in [0.1, 0.15) is 37.7 Å². The van der Waals surface area contributed by atoms with E-state index in [1.54, 1.807) is 0 Å². The Morgan fingerprint density at radius 1 is 1.35 bits per heavy atom. The van der Waals surface area contributed by atoms with Crippen LogP contribution in [0.2, 0.25) is 5.15 Å². The van der Waals surface area contributed by atoms with Crippen LogP contribution in [0.4, 0.5) is 5.82 Å². The van der Waals surface area contributed by atoms with Crippen LogP contribution in [-0.4, -0.2) is 38.9 Å². The molecule has 110 valence electrons. The molecule has 1 aliphatic carbocycles. The molecule has 1 saturated carbocycles. The standard InChI is InChI=1S/C14H20ClN3O2/c15-12-11(8-19)13(17-9-16-12)18-6-5-14(20)4-2-1-3-10(14)7-18/h9-10,19-20H,1-8H2. The van der Waals surface area contributed by atoms with Crippen LogP contribution in [0.3, 0.4) is 0 Å². The maximum absolute atomic E-state index is 10.7. The molecule has 1 aliphatic heterocycles. The Kier molecular flexibility index (Phi) is 3.84. The Balaban J connectivity index is 1.84. The highest BCUT2D eigenvalue weighted by atomic mass is 35.5. The lowest BCUT2D eigenvalue weighted by Gasteiger charge is -2.48. The van der Waals surface area contributed by atoms with Gasteiger partial charge in [0.25, 0.3) is 0 Å². The predicted octanol–water partition coefficient (Wildman–Crippen LogP) is 1.75. The molecule has 0 amide bonds. The molecule has 2 atom stereocenters. The summed E-state index contributed by atoms with van der Waals surface area (Å²) < 4.78 is 0. The molecule has 0 spiro atoms. The summed E-state index contributed by atoms with van der Waals surface area (Å²) >= 11 is 6.03. The van der Waals surface area contributed by atoms with Gasteiger partial charge in [0.1, 0.15) is 17.3 Å². The number of nitrogens with zero attached hydrogens (tertiary/aromatic N) is 3. The molecule has 5 nitrogen and oxygen atoms in total. The highest BCUT2D eigenvalue weighted by Crippen LogP contribution is 2.41. The molecule has 2 fully saturated rings. The topological polar surface area (TPSA) is 69.5 Å². The Bertz CT molecular complexity index is 499. The van der Waals surface area contributed by atoms with Crippen LogP contribution in [0.5, 0.6) is 0 Å². The summed E-state index contributed by atoms with van der Waals surface area (Å²) in [6, 6.07) is 0. The first-order chi connectivity index (χ1) is 9.64. The van der Waals surface area contributed by atoms with Crippen LogP contribution in [0, 0.1) is 5.92 Å². The number of anilines is 1. The fraction of sp³-hybridized carbons (Fsp3) is 0.714. The number of rotatable bonds is 2.